The predicted molar refractivity (Wildman–Crippen MR) is 79.7 cm³/mol. The van der Waals surface area contributed by atoms with E-state index in [9.17, 15) is 4.79 Å². The molecule has 18 heavy (non-hydrogen) atoms. The second kappa shape index (κ2) is 11.6. The molecule has 0 saturated carbocycles. The first kappa shape index (κ1) is 17.5. The minimum Gasteiger partial charge on any atom is -0.343 e. The Labute approximate surface area is 114 Å². The Morgan fingerprint density at radius 3 is 1.89 bits per heavy atom. The molecule has 0 aliphatic heterocycles. The summed E-state index contributed by atoms with van der Waals surface area (Å²) >= 11 is 0. The predicted octanol–water partition coefficient (Wildman–Crippen LogP) is 4.63. The minimum atomic E-state index is 0.279. The highest BCUT2D eigenvalue weighted by Crippen LogP contribution is 2.20. The number of unbranched alkanes of at least 4 members (excludes halogenated alkanes) is 4. The normalized spacial score (nSPS) is 12.4. The largest absolute Gasteiger partial charge is 0.343 e. The Bertz CT molecular complexity index is 199. The number of amides is 1. The molecule has 0 heterocycles. The van der Waals surface area contributed by atoms with Crippen molar-refractivity contribution in [2.24, 2.45) is 5.92 Å². The zero-order valence-electron chi connectivity index (χ0n) is 13.0. The first-order chi connectivity index (χ1) is 8.71. The van der Waals surface area contributed by atoms with E-state index in [1.165, 1.54) is 38.5 Å². The van der Waals surface area contributed by atoms with Crippen molar-refractivity contribution in [1.82, 2.24) is 4.90 Å². The van der Waals surface area contributed by atoms with Gasteiger partial charge in [0.2, 0.25) is 5.91 Å². The summed E-state index contributed by atoms with van der Waals surface area (Å²) in [6.07, 6.45) is 9.62. The minimum absolute atomic E-state index is 0.279. The van der Waals surface area contributed by atoms with E-state index in [0.29, 0.717) is 5.91 Å². The van der Waals surface area contributed by atoms with Crippen molar-refractivity contribution < 1.29 is 4.79 Å². The lowest BCUT2D eigenvalue weighted by molar-refractivity contribution is -0.135. The molecular weight excluding hydrogens is 222 g/mol. The molecule has 0 N–H and O–H groups in total. The summed E-state index contributed by atoms with van der Waals surface area (Å²) in [5, 5.41) is 0. The highest BCUT2D eigenvalue weighted by atomic mass is 16.2. The molecular formula is C16H33NO. The van der Waals surface area contributed by atoms with E-state index in [1.54, 1.807) is 0 Å². The summed E-state index contributed by atoms with van der Waals surface area (Å²) in [5.41, 5.74) is 0. The van der Waals surface area contributed by atoms with Crippen LogP contribution in [-0.2, 0) is 4.79 Å². The molecule has 1 amide bonds. The van der Waals surface area contributed by atoms with Gasteiger partial charge in [-0.15, -0.1) is 0 Å². The Morgan fingerprint density at radius 1 is 0.833 bits per heavy atom. The number of carbonyl (C=O) groups excluding carboxylic acids is 1. The van der Waals surface area contributed by atoms with E-state index >= 15 is 0 Å². The van der Waals surface area contributed by atoms with Gasteiger partial charge in [0.15, 0.2) is 0 Å². The fraction of sp³-hybridized carbons (Fsp3) is 0.938. The van der Waals surface area contributed by atoms with Crippen molar-refractivity contribution in [1.29, 1.82) is 0 Å². The van der Waals surface area contributed by atoms with Gasteiger partial charge in [-0.2, -0.15) is 0 Å². The van der Waals surface area contributed by atoms with Crippen molar-refractivity contribution in [2.45, 2.75) is 79.1 Å². The molecule has 1 atom stereocenters. The molecule has 0 saturated heterocycles. The molecule has 0 aromatic heterocycles. The third-order valence-corrected chi connectivity index (χ3v) is 3.74. The van der Waals surface area contributed by atoms with Gasteiger partial charge in [-0.3, -0.25) is 4.79 Å². The molecule has 0 bridgehead atoms. The molecule has 0 aromatic rings. The van der Waals surface area contributed by atoms with Crippen LogP contribution in [-0.4, -0.2) is 23.9 Å². The van der Waals surface area contributed by atoms with Gasteiger partial charge < -0.3 is 4.90 Å². The fourth-order valence-electron chi connectivity index (χ4n) is 2.45. The fourth-order valence-corrected chi connectivity index (χ4v) is 2.45. The zero-order valence-corrected chi connectivity index (χ0v) is 13.0. The topological polar surface area (TPSA) is 20.3 Å². The Balaban J connectivity index is 4.22. The quantitative estimate of drug-likeness (QED) is 0.493. The molecule has 0 aliphatic rings. The monoisotopic (exact) mass is 255 g/mol. The van der Waals surface area contributed by atoms with Crippen molar-refractivity contribution in [3.63, 3.8) is 0 Å². The molecule has 2 heteroatoms. The molecule has 0 radical (unpaired) electrons. The lowest BCUT2D eigenvalue weighted by Crippen LogP contribution is -2.36. The third kappa shape index (κ3) is 7.03. The molecule has 0 fully saturated rings. The highest BCUT2D eigenvalue weighted by Gasteiger charge is 2.21. The Hall–Kier alpha value is -0.530. The van der Waals surface area contributed by atoms with E-state index in [-0.39, 0.29) is 5.92 Å². The van der Waals surface area contributed by atoms with Gasteiger partial charge >= 0.3 is 0 Å². The number of nitrogens with zero attached hydrogens (tertiary/aromatic N) is 1. The van der Waals surface area contributed by atoms with E-state index in [0.717, 1.165) is 25.9 Å². The van der Waals surface area contributed by atoms with Gasteiger partial charge in [0.05, 0.1) is 0 Å². The van der Waals surface area contributed by atoms with E-state index in [1.807, 2.05) is 4.90 Å². The maximum Gasteiger partial charge on any atom is 0.225 e. The first-order valence-corrected chi connectivity index (χ1v) is 7.99. The third-order valence-electron chi connectivity index (χ3n) is 3.74. The number of rotatable bonds is 11. The summed E-state index contributed by atoms with van der Waals surface area (Å²) < 4.78 is 0. The van der Waals surface area contributed by atoms with Crippen LogP contribution >= 0.6 is 0 Å². The summed E-state index contributed by atoms with van der Waals surface area (Å²) in [7, 11) is 0. The Morgan fingerprint density at radius 2 is 1.39 bits per heavy atom. The average Bonchev–Trinajstić information content (AvgIpc) is 2.39. The Kier molecular flexibility index (Phi) is 11.2. The summed E-state index contributed by atoms with van der Waals surface area (Å²) in [6.45, 7) is 10.3. The van der Waals surface area contributed by atoms with Gasteiger partial charge in [0, 0.05) is 19.0 Å². The van der Waals surface area contributed by atoms with Crippen LogP contribution in [0, 0.1) is 5.92 Å². The van der Waals surface area contributed by atoms with Crippen molar-refractivity contribution in [3.8, 4) is 0 Å². The van der Waals surface area contributed by atoms with Crippen LogP contribution in [0.5, 0.6) is 0 Å². The van der Waals surface area contributed by atoms with Crippen molar-refractivity contribution in [3.05, 3.63) is 0 Å². The number of carbonyl (C=O) groups is 1. The van der Waals surface area contributed by atoms with Gasteiger partial charge in [-0.1, -0.05) is 52.4 Å². The second-order valence-electron chi connectivity index (χ2n) is 5.20. The van der Waals surface area contributed by atoms with Crippen molar-refractivity contribution >= 4 is 5.91 Å². The van der Waals surface area contributed by atoms with Gasteiger partial charge in [0.1, 0.15) is 0 Å². The molecule has 1 unspecified atom stereocenters. The second-order valence-corrected chi connectivity index (χ2v) is 5.20. The van der Waals surface area contributed by atoms with Crippen LogP contribution in [0.25, 0.3) is 0 Å². The molecule has 2 nitrogen and oxygen atoms in total. The van der Waals surface area contributed by atoms with E-state index in [2.05, 4.69) is 27.7 Å². The highest BCUT2D eigenvalue weighted by molar-refractivity contribution is 5.78. The summed E-state index contributed by atoms with van der Waals surface area (Å²) in [5.74, 6) is 0.673. The number of hydrogen-bond acceptors (Lipinski definition) is 1. The molecule has 108 valence electrons. The van der Waals surface area contributed by atoms with Crippen LogP contribution in [0.4, 0.5) is 0 Å². The standard InChI is InChI=1S/C16H33NO/c1-5-9-11-12-14-15(13-10-6-2)16(18)17(7-3)8-4/h15H,5-14H2,1-4H3. The molecule has 0 aliphatic carbocycles. The molecule has 0 rings (SSSR count). The summed E-state index contributed by atoms with van der Waals surface area (Å²) in [4.78, 5) is 14.4. The lowest BCUT2D eigenvalue weighted by Gasteiger charge is -2.25. The zero-order chi connectivity index (χ0) is 13.8. The van der Waals surface area contributed by atoms with Crippen LogP contribution < -0.4 is 0 Å². The van der Waals surface area contributed by atoms with Crippen LogP contribution in [0.1, 0.15) is 79.1 Å². The lowest BCUT2D eigenvalue weighted by atomic mass is 9.94. The number of hydrogen-bond donors (Lipinski definition) is 0. The average molecular weight is 255 g/mol. The van der Waals surface area contributed by atoms with E-state index in [4.69, 9.17) is 0 Å². The van der Waals surface area contributed by atoms with Gasteiger partial charge in [-0.25, -0.2) is 0 Å². The van der Waals surface area contributed by atoms with Gasteiger partial charge in [-0.05, 0) is 26.7 Å². The van der Waals surface area contributed by atoms with Crippen molar-refractivity contribution in [2.75, 3.05) is 13.1 Å². The van der Waals surface area contributed by atoms with Gasteiger partial charge in [0.25, 0.3) is 0 Å². The SMILES string of the molecule is CCCCCCC(CCCC)C(=O)N(CC)CC. The molecule has 0 spiro atoms. The first-order valence-electron chi connectivity index (χ1n) is 7.99. The summed E-state index contributed by atoms with van der Waals surface area (Å²) in [6, 6.07) is 0. The van der Waals surface area contributed by atoms with Crippen LogP contribution in [0.2, 0.25) is 0 Å². The maximum atomic E-state index is 12.4. The maximum absolute atomic E-state index is 12.4. The van der Waals surface area contributed by atoms with Crippen LogP contribution in [0.3, 0.4) is 0 Å². The smallest absolute Gasteiger partial charge is 0.225 e. The van der Waals surface area contributed by atoms with E-state index < -0.39 is 0 Å². The molecule has 0 aromatic carbocycles. The van der Waals surface area contributed by atoms with Crippen LogP contribution in [0.15, 0.2) is 0 Å².